The van der Waals surface area contributed by atoms with Gasteiger partial charge in [0.05, 0.1) is 30.4 Å². The summed E-state index contributed by atoms with van der Waals surface area (Å²) in [7, 11) is 0. The van der Waals surface area contributed by atoms with Crippen LogP contribution in [0.5, 0.6) is 0 Å². The van der Waals surface area contributed by atoms with Crippen molar-refractivity contribution in [2.75, 3.05) is 0 Å². The third-order valence-corrected chi connectivity index (χ3v) is 6.17. The number of amides is 2. The number of aromatic nitrogens is 3. The number of halogens is 8. The lowest BCUT2D eigenvalue weighted by atomic mass is 9.97. The highest BCUT2D eigenvalue weighted by Crippen LogP contribution is 2.32. The van der Waals surface area contributed by atoms with Crippen LogP contribution in [0.4, 0.5) is 35.1 Å². The van der Waals surface area contributed by atoms with Gasteiger partial charge in [-0.05, 0) is 30.5 Å². The van der Waals surface area contributed by atoms with Crippen molar-refractivity contribution in [3.8, 4) is 0 Å². The molecule has 2 heterocycles. The van der Waals surface area contributed by atoms with Crippen LogP contribution < -0.4 is 10.6 Å². The fraction of sp³-hybridized carbons (Fsp3) is 0.538. The van der Waals surface area contributed by atoms with Gasteiger partial charge < -0.3 is 20.1 Å². The second-order valence-electron chi connectivity index (χ2n) is 9.82. The number of hydrogen-bond donors (Lipinski definition) is 3. The van der Waals surface area contributed by atoms with Crippen molar-refractivity contribution < 1.29 is 49.2 Å². The van der Waals surface area contributed by atoms with E-state index in [0.29, 0.717) is 35.3 Å². The molecule has 232 valence electrons. The number of rotatable bonds is 9. The van der Waals surface area contributed by atoms with Gasteiger partial charge in [-0.1, -0.05) is 17.6 Å². The average Bonchev–Trinajstić information content (AvgIpc) is 3.54. The van der Waals surface area contributed by atoms with Crippen molar-refractivity contribution in [2.24, 2.45) is 0 Å². The minimum absolute atomic E-state index is 0.0283. The summed E-state index contributed by atoms with van der Waals surface area (Å²) in [5.74, 6) is -3.40. The predicted molar refractivity (Wildman–Crippen MR) is 133 cm³/mol. The normalized spacial score (nSPS) is 15.1. The molecular formula is C26H29F8N5O3. The highest BCUT2D eigenvalue weighted by Gasteiger charge is 2.30. The number of H-pyrrole nitrogens is 1. The summed E-state index contributed by atoms with van der Waals surface area (Å²) in [6.45, 7) is -0.0116. The quantitative estimate of drug-likeness (QED) is 0.239. The van der Waals surface area contributed by atoms with Gasteiger partial charge in [-0.2, -0.15) is 26.3 Å². The van der Waals surface area contributed by atoms with Gasteiger partial charge in [-0.15, -0.1) is 0 Å². The number of carbonyl (C=O) groups is 2. The Balaban J connectivity index is 0.000000521. The minimum atomic E-state index is -4.40. The molecule has 0 aliphatic heterocycles. The van der Waals surface area contributed by atoms with Crippen LogP contribution in [0.25, 0.3) is 11.0 Å². The maximum Gasteiger partial charge on any atom is 0.389 e. The number of alkyl halides is 8. The van der Waals surface area contributed by atoms with E-state index in [4.69, 9.17) is 4.52 Å². The molecule has 0 radical (unpaired) electrons. The maximum absolute atomic E-state index is 12.3. The number of hydrogen-bond acceptors (Lipinski definition) is 5. The Morgan fingerprint density at radius 2 is 1.62 bits per heavy atom. The van der Waals surface area contributed by atoms with Crippen LogP contribution in [0.2, 0.25) is 0 Å². The lowest BCUT2D eigenvalue weighted by molar-refractivity contribution is -0.144. The number of nitrogens with zero attached hydrogens (tertiary/aromatic N) is 2. The lowest BCUT2D eigenvalue weighted by Crippen LogP contribution is -2.24. The molecule has 8 nitrogen and oxygen atoms in total. The Labute approximate surface area is 234 Å². The molecule has 42 heavy (non-hydrogen) atoms. The summed E-state index contributed by atoms with van der Waals surface area (Å²) < 4.78 is 102. The molecule has 1 aliphatic carbocycles. The first-order chi connectivity index (χ1) is 19.6. The highest BCUT2D eigenvalue weighted by molar-refractivity contribution is 5.92. The van der Waals surface area contributed by atoms with Gasteiger partial charge in [0.1, 0.15) is 11.6 Å². The molecule has 4 rings (SSSR count). The smallest absolute Gasteiger partial charge is 0.361 e. The Morgan fingerprint density at radius 3 is 2.24 bits per heavy atom. The Kier molecular flexibility index (Phi) is 10.9. The van der Waals surface area contributed by atoms with E-state index < -0.39 is 55.8 Å². The van der Waals surface area contributed by atoms with Gasteiger partial charge in [-0.25, -0.2) is 13.8 Å². The first-order valence-electron chi connectivity index (χ1n) is 13.1. The van der Waals surface area contributed by atoms with Gasteiger partial charge in [0.25, 0.3) is 5.91 Å². The Hall–Kier alpha value is -3.72. The summed E-state index contributed by atoms with van der Waals surface area (Å²) >= 11 is 0. The van der Waals surface area contributed by atoms with Gasteiger partial charge in [-0.3, -0.25) is 9.59 Å². The zero-order chi connectivity index (χ0) is 31.0. The number of aromatic amines is 1. The minimum Gasteiger partial charge on any atom is -0.361 e. The number of nitrogens with one attached hydrogen (secondary N) is 3. The monoisotopic (exact) mass is 611 g/mol. The van der Waals surface area contributed by atoms with Crippen LogP contribution >= 0.6 is 0 Å². The van der Waals surface area contributed by atoms with E-state index in [2.05, 4.69) is 25.8 Å². The predicted octanol–water partition coefficient (Wildman–Crippen LogP) is 6.52. The van der Waals surface area contributed by atoms with Crippen LogP contribution in [-0.2, 0) is 24.3 Å². The number of aryl methyl sites for hydroxylation is 1. The summed E-state index contributed by atoms with van der Waals surface area (Å²) in [4.78, 5) is 30.9. The van der Waals surface area contributed by atoms with E-state index in [1.165, 1.54) is 0 Å². The standard InChI is InChI=1S/C20H19F6N5O3.C6H10F2/c21-19(22,23)5-3-12-8-15(31-34-12)18(33)28-10-16-29-13-2-1-11(7-14(13)30-16)9-27-17(32)4-6-20(24,25)26;7-6(8)4-2-1-3-5-6/h1-2,7-8H,3-6,9-10H2,(H,27,32)(H,28,33)(H,29,30);1-5H2. The number of benzene rings is 1. The van der Waals surface area contributed by atoms with Gasteiger partial charge in [0.2, 0.25) is 11.8 Å². The van der Waals surface area contributed by atoms with Gasteiger partial charge in [0, 0.05) is 38.3 Å². The third-order valence-electron chi connectivity index (χ3n) is 6.17. The molecule has 0 spiro atoms. The SMILES string of the molecule is FC1(F)CCCCC1.O=C(CCC(F)(F)F)NCc1ccc2nc(CNC(=O)c3cc(CCC(F)(F)F)on3)[nH]c2c1. The molecule has 2 amide bonds. The van der Waals surface area contributed by atoms with Crippen molar-refractivity contribution in [3.63, 3.8) is 0 Å². The van der Waals surface area contributed by atoms with E-state index in [1.54, 1.807) is 18.2 Å². The van der Waals surface area contributed by atoms with Crippen LogP contribution in [0.3, 0.4) is 0 Å². The van der Waals surface area contributed by atoms with Crippen molar-refractivity contribution in [1.82, 2.24) is 25.8 Å². The number of imidazole rings is 1. The van der Waals surface area contributed by atoms with E-state index in [9.17, 15) is 44.7 Å². The van der Waals surface area contributed by atoms with E-state index in [-0.39, 0.29) is 37.4 Å². The molecule has 0 bridgehead atoms. The fourth-order valence-corrected chi connectivity index (χ4v) is 3.97. The molecule has 1 saturated carbocycles. The molecule has 1 aromatic carbocycles. The van der Waals surface area contributed by atoms with Crippen molar-refractivity contribution >= 4 is 22.8 Å². The number of carbonyl (C=O) groups excluding carboxylic acids is 2. The summed E-state index contributed by atoms with van der Waals surface area (Å²) in [6.07, 6.45) is -9.47. The first-order valence-corrected chi connectivity index (χ1v) is 13.1. The first kappa shape index (κ1) is 32.8. The van der Waals surface area contributed by atoms with Crippen LogP contribution in [0.15, 0.2) is 28.8 Å². The Bertz CT molecular complexity index is 1330. The van der Waals surface area contributed by atoms with Crippen molar-refractivity contribution in [1.29, 1.82) is 0 Å². The molecule has 16 heteroatoms. The molecule has 1 aliphatic rings. The second-order valence-corrected chi connectivity index (χ2v) is 9.82. The summed E-state index contributed by atoms with van der Waals surface area (Å²) in [5.41, 5.74) is 1.58. The largest absolute Gasteiger partial charge is 0.389 e. The average molecular weight is 612 g/mol. The van der Waals surface area contributed by atoms with Gasteiger partial charge >= 0.3 is 12.4 Å². The molecule has 2 aromatic heterocycles. The van der Waals surface area contributed by atoms with Gasteiger partial charge in [0.15, 0.2) is 5.69 Å². The highest BCUT2D eigenvalue weighted by atomic mass is 19.4. The summed E-state index contributed by atoms with van der Waals surface area (Å²) in [5, 5.41) is 8.39. The molecular weight excluding hydrogens is 582 g/mol. The fourth-order valence-electron chi connectivity index (χ4n) is 3.97. The molecule has 1 fully saturated rings. The molecule has 0 saturated heterocycles. The zero-order valence-electron chi connectivity index (χ0n) is 22.2. The topological polar surface area (TPSA) is 113 Å². The zero-order valence-corrected chi connectivity index (χ0v) is 22.2. The summed E-state index contributed by atoms with van der Waals surface area (Å²) in [6, 6.07) is 6.07. The van der Waals surface area contributed by atoms with E-state index in [0.717, 1.165) is 12.5 Å². The molecule has 0 unspecified atom stereocenters. The second kappa shape index (κ2) is 14.0. The van der Waals surface area contributed by atoms with Crippen molar-refractivity contribution in [2.45, 2.75) is 89.2 Å². The third kappa shape index (κ3) is 11.6. The number of fused-ring (bicyclic) bond motifs is 1. The van der Waals surface area contributed by atoms with E-state index >= 15 is 0 Å². The lowest BCUT2D eigenvalue weighted by Gasteiger charge is -2.20. The van der Waals surface area contributed by atoms with E-state index in [1.807, 2.05) is 0 Å². The molecule has 3 N–H and O–H groups in total. The Morgan fingerprint density at radius 1 is 0.929 bits per heavy atom. The molecule has 3 aromatic rings. The van der Waals surface area contributed by atoms with Crippen LogP contribution in [0, 0.1) is 0 Å². The van der Waals surface area contributed by atoms with Crippen LogP contribution in [0.1, 0.15) is 79.0 Å². The van der Waals surface area contributed by atoms with Crippen LogP contribution in [-0.4, -0.2) is 45.2 Å². The molecule has 0 atom stereocenters. The maximum atomic E-state index is 12.3. The van der Waals surface area contributed by atoms with Crippen molar-refractivity contribution in [3.05, 3.63) is 47.1 Å².